The van der Waals surface area contributed by atoms with Crippen molar-refractivity contribution in [2.45, 2.75) is 52.5 Å². The van der Waals surface area contributed by atoms with Crippen molar-refractivity contribution < 1.29 is 4.79 Å². The summed E-state index contributed by atoms with van der Waals surface area (Å²) >= 11 is 1.73. The van der Waals surface area contributed by atoms with Gasteiger partial charge in [-0.1, -0.05) is 13.3 Å². The summed E-state index contributed by atoms with van der Waals surface area (Å²) in [6.07, 6.45) is 4.15. The van der Waals surface area contributed by atoms with Gasteiger partial charge in [-0.2, -0.15) is 0 Å². The molecule has 0 aromatic carbocycles. The first kappa shape index (κ1) is 22.6. The molecular formula is C16H29Cl2N3OS. The number of carbonyl (C=O) groups is 1. The molecule has 0 saturated heterocycles. The van der Waals surface area contributed by atoms with Crippen LogP contribution in [0.4, 0.5) is 0 Å². The Balaban J connectivity index is 0.00000242. The van der Waals surface area contributed by atoms with Gasteiger partial charge in [-0.15, -0.1) is 36.2 Å². The number of hydrogen-bond donors (Lipinski definition) is 1. The Morgan fingerprint density at radius 3 is 2.61 bits per heavy atom. The lowest BCUT2D eigenvalue weighted by Gasteiger charge is -2.29. The monoisotopic (exact) mass is 381 g/mol. The van der Waals surface area contributed by atoms with Crippen molar-refractivity contribution in [2.24, 2.45) is 17.6 Å². The average molecular weight is 382 g/mol. The molecule has 1 amide bonds. The highest BCUT2D eigenvalue weighted by atomic mass is 35.5. The molecule has 0 radical (unpaired) electrons. The number of hydrogen-bond acceptors (Lipinski definition) is 4. The highest BCUT2D eigenvalue weighted by Gasteiger charge is 2.35. The number of nitrogens with two attached hydrogens (primary N) is 1. The van der Waals surface area contributed by atoms with Crippen molar-refractivity contribution in [3.05, 3.63) is 15.6 Å². The summed E-state index contributed by atoms with van der Waals surface area (Å²) < 4.78 is 0. The Kier molecular flexibility index (Phi) is 9.67. The van der Waals surface area contributed by atoms with Crippen LogP contribution < -0.4 is 5.73 Å². The van der Waals surface area contributed by atoms with Crippen LogP contribution in [0, 0.1) is 18.8 Å². The van der Waals surface area contributed by atoms with Crippen LogP contribution in [0.2, 0.25) is 0 Å². The number of nitrogens with zero attached hydrogens (tertiary/aromatic N) is 2. The number of amides is 1. The summed E-state index contributed by atoms with van der Waals surface area (Å²) in [5.74, 6) is 0.725. The number of carbonyl (C=O) groups excluding carboxylic acids is 1. The average Bonchev–Trinajstić information content (AvgIpc) is 3.10. The second kappa shape index (κ2) is 9.82. The molecule has 1 unspecified atom stereocenters. The summed E-state index contributed by atoms with van der Waals surface area (Å²) in [5, 5.41) is 1.15. The fourth-order valence-corrected chi connectivity index (χ4v) is 4.38. The number of rotatable bonds is 5. The van der Waals surface area contributed by atoms with Crippen molar-refractivity contribution in [3.8, 4) is 0 Å². The fraction of sp³-hybridized carbons (Fsp3) is 0.750. The third-order valence-corrected chi connectivity index (χ3v) is 6.24. The molecule has 1 aromatic heterocycles. The second-order valence-electron chi connectivity index (χ2n) is 6.07. The summed E-state index contributed by atoms with van der Waals surface area (Å²) in [6.45, 7) is 6.88. The first-order chi connectivity index (χ1) is 9.99. The third-order valence-electron chi connectivity index (χ3n) is 4.77. The van der Waals surface area contributed by atoms with E-state index in [0.29, 0.717) is 12.5 Å². The van der Waals surface area contributed by atoms with Crippen LogP contribution in [0.1, 0.15) is 54.7 Å². The first-order valence-corrected chi connectivity index (χ1v) is 8.74. The van der Waals surface area contributed by atoms with Crippen LogP contribution in [0.5, 0.6) is 0 Å². The summed E-state index contributed by atoms with van der Waals surface area (Å²) in [4.78, 5) is 20.5. The van der Waals surface area contributed by atoms with Crippen LogP contribution in [0.25, 0.3) is 0 Å². The Labute approximate surface area is 156 Å². The van der Waals surface area contributed by atoms with Crippen molar-refractivity contribution in [1.29, 1.82) is 0 Å². The maximum Gasteiger partial charge on any atom is 0.226 e. The molecular weight excluding hydrogens is 353 g/mol. The van der Waals surface area contributed by atoms with Gasteiger partial charge in [0.15, 0.2) is 0 Å². The van der Waals surface area contributed by atoms with Gasteiger partial charge in [0, 0.05) is 17.8 Å². The standard InChI is InChI=1S/C16H27N3OS.2ClH/c1-5-14-18-10(2)15(21-14)11(3)19(4)16(20)13-8-6-7-12(13)9-17;;/h11-13H,5-9,17H2,1-4H3;2*1H/t11?,12-,13-;;/m1../s1. The van der Waals surface area contributed by atoms with Gasteiger partial charge in [0.05, 0.1) is 16.7 Å². The Morgan fingerprint density at radius 1 is 1.43 bits per heavy atom. The summed E-state index contributed by atoms with van der Waals surface area (Å²) in [6, 6.07) is 0.0920. The highest BCUT2D eigenvalue weighted by molar-refractivity contribution is 7.11. The molecule has 7 heteroatoms. The molecule has 2 N–H and O–H groups in total. The minimum absolute atomic E-state index is 0. The predicted octanol–water partition coefficient (Wildman–Crippen LogP) is 3.75. The van der Waals surface area contributed by atoms with Crippen LogP contribution >= 0.6 is 36.2 Å². The molecule has 4 nitrogen and oxygen atoms in total. The van der Waals surface area contributed by atoms with E-state index in [0.717, 1.165) is 36.4 Å². The van der Waals surface area contributed by atoms with Gasteiger partial charge in [0.1, 0.15) is 0 Å². The molecule has 1 heterocycles. The molecule has 0 spiro atoms. The summed E-state index contributed by atoms with van der Waals surface area (Å²) in [7, 11) is 1.92. The van der Waals surface area contributed by atoms with Crippen molar-refractivity contribution in [1.82, 2.24) is 9.88 Å². The molecule has 1 saturated carbocycles. The van der Waals surface area contributed by atoms with Crippen molar-refractivity contribution >= 4 is 42.1 Å². The molecule has 0 bridgehead atoms. The maximum atomic E-state index is 12.8. The van der Waals surface area contributed by atoms with Crippen LogP contribution in [-0.4, -0.2) is 29.4 Å². The molecule has 23 heavy (non-hydrogen) atoms. The van der Waals surface area contributed by atoms with Gasteiger partial charge in [-0.05, 0) is 45.6 Å². The number of aromatic nitrogens is 1. The van der Waals surface area contributed by atoms with Crippen LogP contribution in [-0.2, 0) is 11.2 Å². The molecule has 3 atom stereocenters. The predicted molar refractivity (Wildman–Crippen MR) is 102 cm³/mol. The molecule has 1 fully saturated rings. The lowest BCUT2D eigenvalue weighted by molar-refractivity contribution is -0.137. The molecule has 134 valence electrons. The van der Waals surface area contributed by atoms with Crippen molar-refractivity contribution in [2.75, 3.05) is 13.6 Å². The molecule has 1 aromatic rings. The lowest BCUT2D eigenvalue weighted by Crippen LogP contribution is -2.38. The van der Waals surface area contributed by atoms with Gasteiger partial charge >= 0.3 is 0 Å². The Bertz CT molecular complexity index is 510. The largest absolute Gasteiger partial charge is 0.338 e. The smallest absolute Gasteiger partial charge is 0.226 e. The van der Waals surface area contributed by atoms with Gasteiger partial charge in [0.2, 0.25) is 5.91 Å². The van der Waals surface area contributed by atoms with E-state index < -0.39 is 0 Å². The van der Waals surface area contributed by atoms with Crippen LogP contribution in [0.3, 0.4) is 0 Å². The zero-order chi connectivity index (χ0) is 15.6. The SMILES string of the molecule is CCc1nc(C)c(C(C)N(C)C(=O)[C@@H]2CCC[C@@H]2CN)s1.Cl.Cl. The van der Waals surface area contributed by atoms with Gasteiger partial charge < -0.3 is 10.6 Å². The Hall–Kier alpha value is -0.360. The van der Waals surface area contributed by atoms with E-state index in [2.05, 4.69) is 18.8 Å². The van der Waals surface area contributed by atoms with E-state index in [4.69, 9.17) is 5.73 Å². The highest BCUT2D eigenvalue weighted by Crippen LogP contribution is 2.35. The normalized spacial score (nSPS) is 21.3. The van der Waals surface area contributed by atoms with E-state index in [9.17, 15) is 4.79 Å². The van der Waals surface area contributed by atoms with E-state index in [1.165, 1.54) is 4.88 Å². The topological polar surface area (TPSA) is 59.2 Å². The fourth-order valence-electron chi connectivity index (χ4n) is 3.28. The molecule has 1 aliphatic carbocycles. The third kappa shape index (κ3) is 4.81. The Morgan fingerprint density at radius 2 is 2.09 bits per heavy atom. The molecule has 2 rings (SSSR count). The van der Waals surface area contributed by atoms with Gasteiger partial charge in [-0.25, -0.2) is 4.98 Å². The van der Waals surface area contributed by atoms with Crippen molar-refractivity contribution in [3.63, 3.8) is 0 Å². The van der Waals surface area contributed by atoms with Crippen LogP contribution in [0.15, 0.2) is 0 Å². The van der Waals surface area contributed by atoms with E-state index >= 15 is 0 Å². The summed E-state index contributed by atoms with van der Waals surface area (Å²) in [5.41, 5.74) is 6.88. The minimum atomic E-state index is 0. The lowest BCUT2D eigenvalue weighted by atomic mass is 9.94. The zero-order valence-corrected chi connectivity index (χ0v) is 16.8. The van der Waals surface area contributed by atoms with E-state index in [1.807, 2.05) is 18.9 Å². The van der Waals surface area contributed by atoms with E-state index in [1.54, 1.807) is 11.3 Å². The number of aryl methyl sites for hydroxylation is 2. The quantitative estimate of drug-likeness (QED) is 0.844. The molecule has 1 aliphatic rings. The number of thiazole rings is 1. The minimum Gasteiger partial charge on any atom is -0.338 e. The van der Waals surface area contributed by atoms with Gasteiger partial charge in [0.25, 0.3) is 0 Å². The second-order valence-corrected chi connectivity index (χ2v) is 7.18. The molecule has 0 aliphatic heterocycles. The number of halogens is 2. The van der Waals surface area contributed by atoms with Gasteiger partial charge in [-0.3, -0.25) is 4.79 Å². The van der Waals surface area contributed by atoms with E-state index in [-0.39, 0.29) is 42.7 Å². The first-order valence-electron chi connectivity index (χ1n) is 7.92. The maximum absolute atomic E-state index is 12.8. The zero-order valence-electron chi connectivity index (χ0n) is 14.4.